The highest BCUT2D eigenvalue weighted by atomic mass is 35.5. The van der Waals surface area contributed by atoms with Crippen LogP contribution in [0.25, 0.3) is 6.08 Å². The Morgan fingerprint density at radius 1 is 1.00 bits per heavy atom. The van der Waals surface area contributed by atoms with E-state index in [1.807, 2.05) is 39.0 Å². The van der Waals surface area contributed by atoms with Crippen molar-refractivity contribution in [3.63, 3.8) is 0 Å². The van der Waals surface area contributed by atoms with E-state index in [1.54, 1.807) is 18.2 Å². The molecule has 0 unspecified atom stereocenters. The largest absolute Gasteiger partial charge is 0.377 e. The predicted molar refractivity (Wildman–Crippen MR) is 134 cm³/mol. The summed E-state index contributed by atoms with van der Waals surface area (Å²) in [5, 5.41) is 12.4. The van der Waals surface area contributed by atoms with E-state index in [1.165, 1.54) is 30.3 Å². The number of nitriles is 1. The van der Waals surface area contributed by atoms with Crippen molar-refractivity contribution in [2.24, 2.45) is 0 Å². The van der Waals surface area contributed by atoms with E-state index in [9.17, 15) is 18.5 Å². The molecule has 0 aromatic heterocycles. The lowest BCUT2D eigenvalue weighted by molar-refractivity contribution is -0.112. The number of carbonyl (C=O) groups is 1. The Labute approximate surface area is 208 Å². The van der Waals surface area contributed by atoms with Crippen LogP contribution in [0.2, 0.25) is 10.0 Å². The van der Waals surface area contributed by atoms with Gasteiger partial charge in [0.15, 0.2) is 5.75 Å². The maximum absolute atomic E-state index is 12.8. The number of hydrogen-bond donors (Lipinski definition) is 1. The molecule has 0 aliphatic rings. The molecule has 0 fully saturated rings. The normalized spacial score (nSPS) is 11.6. The van der Waals surface area contributed by atoms with Gasteiger partial charge in [0.2, 0.25) is 0 Å². The fraction of sp³-hybridized carbons (Fsp3) is 0.120. The summed E-state index contributed by atoms with van der Waals surface area (Å²) < 4.78 is 31.0. The summed E-state index contributed by atoms with van der Waals surface area (Å²) in [6.07, 6.45) is 1.18. The maximum Gasteiger partial charge on any atom is 0.339 e. The zero-order valence-electron chi connectivity index (χ0n) is 18.5. The minimum absolute atomic E-state index is 0.0560. The molecule has 0 atom stereocenters. The van der Waals surface area contributed by atoms with Crippen molar-refractivity contribution in [3.05, 3.63) is 92.5 Å². The monoisotopic (exact) mass is 514 g/mol. The molecule has 6 nitrogen and oxygen atoms in total. The molecule has 3 rings (SSSR count). The van der Waals surface area contributed by atoms with Crippen LogP contribution in [0.1, 0.15) is 22.3 Å². The SMILES string of the molecule is Cc1ccc(S(=O)(=O)Oc2c(Cl)cc(Cl)cc2/C=C(\C#N)C(=O)Nc2ccc(C)cc2C)cc1. The van der Waals surface area contributed by atoms with Gasteiger partial charge >= 0.3 is 10.1 Å². The lowest BCUT2D eigenvalue weighted by atomic mass is 10.1. The number of carbonyl (C=O) groups excluding carboxylic acids is 1. The first-order valence-electron chi connectivity index (χ1n) is 10.0. The van der Waals surface area contributed by atoms with Crippen LogP contribution in [-0.4, -0.2) is 14.3 Å². The van der Waals surface area contributed by atoms with Crippen LogP contribution >= 0.6 is 23.2 Å². The molecule has 1 amide bonds. The van der Waals surface area contributed by atoms with E-state index < -0.39 is 16.0 Å². The molecule has 174 valence electrons. The number of rotatable bonds is 6. The predicted octanol–water partition coefficient (Wildman–Crippen LogP) is 6.23. The molecule has 0 bridgehead atoms. The number of halogens is 2. The van der Waals surface area contributed by atoms with Crippen molar-refractivity contribution in [3.8, 4) is 11.8 Å². The van der Waals surface area contributed by atoms with Gasteiger partial charge in [-0.15, -0.1) is 0 Å². The number of benzene rings is 3. The second-order valence-electron chi connectivity index (χ2n) is 7.60. The Balaban J connectivity index is 2.00. The van der Waals surface area contributed by atoms with Gasteiger partial charge in [0.25, 0.3) is 5.91 Å². The fourth-order valence-corrected chi connectivity index (χ4v) is 4.65. The van der Waals surface area contributed by atoms with Crippen LogP contribution in [0.3, 0.4) is 0 Å². The molecule has 0 radical (unpaired) electrons. The van der Waals surface area contributed by atoms with Crippen LogP contribution in [0.5, 0.6) is 5.75 Å². The Morgan fingerprint density at radius 2 is 1.65 bits per heavy atom. The number of hydrogen-bond acceptors (Lipinski definition) is 5. The zero-order valence-corrected chi connectivity index (χ0v) is 20.8. The van der Waals surface area contributed by atoms with Crippen LogP contribution in [0.15, 0.2) is 65.1 Å². The summed E-state index contributed by atoms with van der Waals surface area (Å²) in [5.74, 6) is -0.934. The molecular weight excluding hydrogens is 495 g/mol. The van der Waals surface area contributed by atoms with Crippen molar-refractivity contribution in [1.29, 1.82) is 5.26 Å². The van der Waals surface area contributed by atoms with Crippen LogP contribution in [0.4, 0.5) is 5.69 Å². The smallest absolute Gasteiger partial charge is 0.339 e. The van der Waals surface area contributed by atoms with Gasteiger partial charge in [-0.1, -0.05) is 58.6 Å². The minimum Gasteiger partial charge on any atom is -0.377 e. The van der Waals surface area contributed by atoms with E-state index in [4.69, 9.17) is 27.4 Å². The van der Waals surface area contributed by atoms with Crippen molar-refractivity contribution in [2.75, 3.05) is 5.32 Å². The average molecular weight is 515 g/mol. The number of amides is 1. The van der Waals surface area contributed by atoms with Gasteiger partial charge in [-0.25, -0.2) is 0 Å². The fourth-order valence-electron chi connectivity index (χ4n) is 3.09. The Morgan fingerprint density at radius 3 is 2.26 bits per heavy atom. The molecular formula is C25H20Cl2N2O4S. The molecule has 0 saturated carbocycles. The third kappa shape index (κ3) is 5.97. The summed E-state index contributed by atoms with van der Waals surface area (Å²) in [4.78, 5) is 12.7. The van der Waals surface area contributed by atoms with Crippen molar-refractivity contribution in [1.82, 2.24) is 0 Å². The highest BCUT2D eigenvalue weighted by Crippen LogP contribution is 2.36. The molecule has 3 aromatic carbocycles. The quantitative estimate of drug-likeness (QED) is 0.239. The molecule has 0 spiro atoms. The molecule has 0 saturated heterocycles. The summed E-state index contributed by atoms with van der Waals surface area (Å²) >= 11 is 12.3. The third-order valence-corrected chi connectivity index (χ3v) is 6.57. The van der Waals surface area contributed by atoms with E-state index in [-0.39, 0.29) is 31.8 Å². The lowest BCUT2D eigenvalue weighted by Gasteiger charge is -2.13. The summed E-state index contributed by atoms with van der Waals surface area (Å²) in [6.45, 7) is 5.58. The van der Waals surface area contributed by atoms with Gasteiger partial charge in [0.1, 0.15) is 16.5 Å². The van der Waals surface area contributed by atoms with Crippen molar-refractivity contribution >= 4 is 51.0 Å². The van der Waals surface area contributed by atoms with Gasteiger partial charge in [-0.3, -0.25) is 4.79 Å². The lowest BCUT2D eigenvalue weighted by Crippen LogP contribution is -2.15. The van der Waals surface area contributed by atoms with Gasteiger partial charge < -0.3 is 9.50 Å². The zero-order chi connectivity index (χ0) is 25.0. The average Bonchev–Trinajstić information content (AvgIpc) is 2.76. The Hall–Kier alpha value is -3.31. The highest BCUT2D eigenvalue weighted by molar-refractivity contribution is 7.87. The first-order valence-corrected chi connectivity index (χ1v) is 12.2. The van der Waals surface area contributed by atoms with Crippen molar-refractivity contribution < 1.29 is 17.4 Å². The molecule has 0 heterocycles. The Bertz CT molecular complexity index is 1440. The van der Waals surface area contributed by atoms with Crippen LogP contribution < -0.4 is 9.50 Å². The highest BCUT2D eigenvalue weighted by Gasteiger charge is 2.22. The van der Waals surface area contributed by atoms with Gasteiger partial charge in [0, 0.05) is 16.3 Å². The standard InChI is InChI=1S/C25H20Cl2N2O4S/c1-15-4-7-21(8-5-15)34(31,32)33-24-18(12-20(26)13-22(24)27)11-19(14-28)25(30)29-23-9-6-16(2)10-17(23)3/h4-13H,1-3H3,(H,29,30)/b19-11+. The number of nitrogens with zero attached hydrogens (tertiary/aromatic N) is 1. The van der Waals surface area contributed by atoms with Crippen LogP contribution in [0, 0.1) is 32.1 Å². The molecule has 0 aliphatic heterocycles. The third-order valence-electron chi connectivity index (χ3n) is 4.83. The maximum atomic E-state index is 12.8. The topological polar surface area (TPSA) is 96.3 Å². The molecule has 0 aliphatic carbocycles. The molecule has 1 N–H and O–H groups in total. The van der Waals surface area contributed by atoms with Gasteiger partial charge in [-0.05, 0) is 62.7 Å². The number of anilines is 1. The summed E-state index contributed by atoms with van der Waals surface area (Å²) in [7, 11) is -4.25. The minimum atomic E-state index is -4.25. The number of nitrogens with one attached hydrogen (secondary N) is 1. The summed E-state index contributed by atoms with van der Waals surface area (Å²) in [6, 6.07) is 16.0. The summed E-state index contributed by atoms with van der Waals surface area (Å²) in [5.41, 5.74) is 3.03. The van der Waals surface area contributed by atoms with Crippen LogP contribution in [-0.2, 0) is 14.9 Å². The van der Waals surface area contributed by atoms with Gasteiger partial charge in [0.05, 0.1) is 5.02 Å². The number of aryl methyl sites for hydroxylation is 3. The first kappa shape index (κ1) is 25.3. The molecule has 3 aromatic rings. The second kappa shape index (κ2) is 10.3. The van der Waals surface area contributed by atoms with E-state index in [0.717, 1.165) is 16.7 Å². The second-order valence-corrected chi connectivity index (χ2v) is 9.99. The van der Waals surface area contributed by atoms with Gasteiger partial charge in [-0.2, -0.15) is 13.7 Å². The first-order chi connectivity index (χ1) is 16.0. The van der Waals surface area contributed by atoms with Crippen molar-refractivity contribution in [2.45, 2.75) is 25.7 Å². The van der Waals surface area contributed by atoms with E-state index >= 15 is 0 Å². The molecule has 34 heavy (non-hydrogen) atoms. The van der Waals surface area contributed by atoms with E-state index in [0.29, 0.717) is 5.69 Å². The Kier molecular flexibility index (Phi) is 7.68. The van der Waals surface area contributed by atoms with E-state index in [2.05, 4.69) is 5.32 Å². The molecule has 9 heteroatoms.